The van der Waals surface area contributed by atoms with E-state index in [-0.39, 0.29) is 5.91 Å². The van der Waals surface area contributed by atoms with Gasteiger partial charge >= 0.3 is 0 Å². The first-order valence-corrected chi connectivity index (χ1v) is 7.33. The van der Waals surface area contributed by atoms with E-state index in [1.54, 1.807) is 13.4 Å². The van der Waals surface area contributed by atoms with Crippen molar-refractivity contribution in [1.29, 1.82) is 0 Å². The number of hydrogen-bond donors (Lipinski definition) is 1. The number of furan rings is 1. The largest absolute Gasteiger partial charge is 0.497 e. The van der Waals surface area contributed by atoms with Gasteiger partial charge in [-0.25, -0.2) is 4.98 Å². The summed E-state index contributed by atoms with van der Waals surface area (Å²) in [6.45, 7) is 0. The summed E-state index contributed by atoms with van der Waals surface area (Å²) in [6, 6.07) is 9.31. The van der Waals surface area contributed by atoms with Gasteiger partial charge in [-0.1, -0.05) is 11.3 Å². The summed E-state index contributed by atoms with van der Waals surface area (Å²) in [4.78, 5) is 16.3. The second-order valence-corrected chi connectivity index (χ2v) is 5.51. The zero-order chi connectivity index (χ0) is 14.7. The number of carbonyl (C=O) groups is 1. The van der Waals surface area contributed by atoms with E-state index < -0.39 is 0 Å². The smallest absolute Gasteiger partial charge is 0.226 e. The zero-order valence-corrected chi connectivity index (χ0v) is 12.3. The van der Waals surface area contributed by atoms with Crippen molar-refractivity contribution in [1.82, 2.24) is 4.98 Å². The maximum Gasteiger partial charge on any atom is 0.226 e. The van der Waals surface area contributed by atoms with Crippen molar-refractivity contribution >= 4 is 32.6 Å². The third-order valence-corrected chi connectivity index (χ3v) is 3.95. The van der Waals surface area contributed by atoms with Crippen LogP contribution in [0.2, 0.25) is 0 Å². The highest BCUT2D eigenvalue weighted by molar-refractivity contribution is 7.22. The molecule has 2 aromatic heterocycles. The van der Waals surface area contributed by atoms with Gasteiger partial charge in [0.1, 0.15) is 11.5 Å². The SMILES string of the molecule is COc1ccc2nc(NC(=O)CCc3ccco3)sc2c1. The molecular formula is C15H14N2O3S. The molecule has 3 rings (SSSR count). The molecule has 5 nitrogen and oxygen atoms in total. The lowest BCUT2D eigenvalue weighted by Gasteiger charge is -1.99. The third kappa shape index (κ3) is 3.22. The van der Waals surface area contributed by atoms with Crippen LogP contribution in [0.15, 0.2) is 41.0 Å². The molecule has 0 aliphatic heterocycles. The van der Waals surface area contributed by atoms with Gasteiger partial charge in [0, 0.05) is 12.8 Å². The number of methoxy groups -OCH3 is 1. The predicted molar refractivity (Wildman–Crippen MR) is 81.8 cm³/mol. The highest BCUT2D eigenvalue weighted by atomic mass is 32.1. The minimum absolute atomic E-state index is 0.0718. The molecule has 21 heavy (non-hydrogen) atoms. The first kappa shape index (κ1) is 13.6. The summed E-state index contributed by atoms with van der Waals surface area (Å²) in [7, 11) is 1.62. The van der Waals surface area contributed by atoms with E-state index in [0.717, 1.165) is 21.7 Å². The average Bonchev–Trinajstić information content (AvgIpc) is 3.13. The number of fused-ring (bicyclic) bond motifs is 1. The number of rotatable bonds is 5. The van der Waals surface area contributed by atoms with Gasteiger partial charge in [-0.3, -0.25) is 4.79 Å². The van der Waals surface area contributed by atoms with E-state index in [9.17, 15) is 4.79 Å². The standard InChI is InChI=1S/C15H14N2O3S/c1-19-11-4-6-12-13(9-11)21-15(16-12)17-14(18)7-5-10-3-2-8-20-10/h2-4,6,8-9H,5,7H2,1H3,(H,16,17,18). The molecule has 108 valence electrons. The summed E-state index contributed by atoms with van der Waals surface area (Å²) in [5.41, 5.74) is 0.849. The molecule has 1 amide bonds. The lowest BCUT2D eigenvalue weighted by molar-refractivity contribution is -0.116. The van der Waals surface area contributed by atoms with Crippen molar-refractivity contribution in [3.05, 3.63) is 42.4 Å². The number of ether oxygens (including phenoxy) is 1. The number of aromatic nitrogens is 1. The first-order valence-electron chi connectivity index (χ1n) is 6.51. The van der Waals surface area contributed by atoms with Gasteiger partial charge in [-0.2, -0.15) is 0 Å². The molecule has 0 fully saturated rings. The molecule has 0 saturated heterocycles. The van der Waals surface area contributed by atoms with Crippen molar-refractivity contribution in [3.8, 4) is 5.75 Å². The van der Waals surface area contributed by atoms with Gasteiger partial charge in [0.05, 0.1) is 23.6 Å². The van der Waals surface area contributed by atoms with Crippen LogP contribution in [0.4, 0.5) is 5.13 Å². The maximum absolute atomic E-state index is 11.9. The Labute approximate surface area is 125 Å². The Kier molecular flexibility index (Phi) is 3.87. The third-order valence-electron chi connectivity index (χ3n) is 3.02. The van der Waals surface area contributed by atoms with Gasteiger partial charge in [0.2, 0.25) is 5.91 Å². The number of thiazole rings is 1. The number of benzene rings is 1. The van der Waals surface area contributed by atoms with Crippen LogP contribution in [0.1, 0.15) is 12.2 Å². The van der Waals surface area contributed by atoms with E-state index >= 15 is 0 Å². The van der Waals surface area contributed by atoms with Crippen LogP contribution in [0.3, 0.4) is 0 Å². The molecule has 1 N–H and O–H groups in total. The second-order valence-electron chi connectivity index (χ2n) is 4.48. The molecule has 0 bridgehead atoms. The highest BCUT2D eigenvalue weighted by Crippen LogP contribution is 2.29. The quantitative estimate of drug-likeness (QED) is 0.784. The van der Waals surface area contributed by atoms with Crippen LogP contribution in [0, 0.1) is 0 Å². The molecule has 0 spiro atoms. The Balaban J connectivity index is 1.65. The van der Waals surface area contributed by atoms with E-state index in [4.69, 9.17) is 9.15 Å². The van der Waals surface area contributed by atoms with E-state index in [1.807, 2.05) is 30.3 Å². The molecule has 1 aromatic carbocycles. The molecule has 0 radical (unpaired) electrons. The van der Waals surface area contributed by atoms with E-state index in [0.29, 0.717) is 18.0 Å². The lowest BCUT2D eigenvalue weighted by atomic mass is 10.2. The van der Waals surface area contributed by atoms with Crippen molar-refractivity contribution in [2.24, 2.45) is 0 Å². The van der Waals surface area contributed by atoms with Crippen LogP contribution in [0.5, 0.6) is 5.75 Å². The topological polar surface area (TPSA) is 64.4 Å². The molecule has 6 heteroatoms. The van der Waals surface area contributed by atoms with Gasteiger partial charge < -0.3 is 14.5 Å². The lowest BCUT2D eigenvalue weighted by Crippen LogP contribution is -2.11. The average molecular weight is 302 g/mol. The zero-order valence-electron chi connectivity index (χ0n) is 11.5. The van der Waals surface area contributed by atoms with Crippen LogP contribution in [-0.4, -0.2) is 18.0 Å². The fraction of sp³-hybridized carbons (Fsp3) is 0.200. The summed E-state index contributed by atoms with van der Waals surface area (Å²) in [5.74, 6) is 1.51. The molecule has 0 unspecified atom stereocenters. The molecule has 0 aliphatic carbocycles. The second kappa shape index (κ2) is 5.97. The molecule has 2 heterocycles. The Bertz CT molecular complexity index is 749. The predicted octanol–water partition coefficient (Wildman–Crippen LogP) is 3.47. The fourth-order valence-corrected chi connectivity index (χ4v) is 2.87. The van der Waals surface area contributed by atoms with Gasteiger partial charge in [-0.15, -0.1) is 0 Å². The molecule has 0 aliphatic rings. The molecule has 0 atom stereocenters. The van der Waals surface area contributed by atoms with E-state index in [1.165, 1.54) is 11.3 Å². The van der Waals surface area contributed by atoms with Crippen molar-refractivity contribution < 1.29 is 13.9 Å². The summed E-state index contributed by atoms with van der Waals surface area (Å²) < 4.78 is 11.4. The van der Waals surface area contributed by atoms with Crippen molar-refractivity contribution in [2.45, 2.75) is 12.8 Å². The number of anilines is 1. The Morgan fingerprint density at radius 3 is 3.10 bits per heavy atom. The van der Waals surface area contributed by atoms with Gasteiger partial charge in [0.25, 0.3) is 0 Å². The van der Waals surface area contributed by atoms with Gasteiger partial charge in [0.15, 0.2) is 5.13 Å². The van der Waals surface area contributed by atoms with Crippen LogP contribution < -0.4 is 10.1 Å². The highest BCUT2D eigenvalue weighted by Gasteiger charge is 2.09. The van der Waals surface area contributed by atoms with Crippen molar-refractivity contribution in [3.63, 3.8) is 0 Å². The number of carbonyl (C=O) groups excluding carboxylic acids is 1. The van der Waals surface area contributed by atoms with Crippen LogP contribution >= 0.6 is 11.3 Å². The minimum atomic E-state index is -0.0718. The summed E-state index contributed by atoms with van der Waals surface area (Å²) in [6.07, 6.45) is 2.55. The number of aryl methyl sites for hydroxylation is 1. The van der Waals surface area contributed by atoms with E-state index in [2.05, 4.69) is 10.3 Å². The maximum atomic E-state index is 11.9. The number of nitrogens with one attached hydrogen (secondary N) is 1. The Hall–Kier alpha value is -2.34. The fourth-order valence-electron chi connectivity index (χ4n) is 1.96. The van der Waals surface area contributed by atoms with Crippen molar-refractivity contribution in [2.75, 3.05) is 12.4 Å². The minimum Gasteiger partial charge on any atom is -0.497 e. The first-order chi connectivity index (χ1) is 10.2. The summed E-state index contributed by atoms with van der Waals surface area (Å²) >= 11 is 1.43. The molecule has 3 aromatic rings. The van der Waals surface area contributed by atoms with Gasteiger partial charge in [-0.05, 0) is 30.3 Å². The normalized spacial score (nSPS) is 10.7. The molecule has 0 saturated carbocycles. The Morgan fingerprint density at radius 1 is 1.43 bits per heavy atom. The monoisotopic (exact) mass is 302 g/mol. The number of hydrogen-bond acceptors (Lipinski definition) is 5. The van der Waals surface area contributed by atoms with Crippen LogP contribution in [0.25, 0.3) is 10.2 Å². The molecular weight excluding hydrogens is 288 g/mol. The Morgan fingerprint density at radius 2 is 2.33 bits per heavy atom. The number of nitrogens with zero attached hydrogens (tertiary/aromatic N) is 1. The van der Waals surface area contributed by atoms with Crippen LogP contribution in [-0.2, 0) is 11.2 Å². The summed E-state index contributed by atoms with van der Waals surface area (Å²) in [5, 5.41) is 3.42. The number of amides is 1.